The van der Waals surface area contributed by atoms with Gasteiger partial charge in [0.25, 0.3) is 0 Å². The lowest BCUT2D eigenvalue weighted by atomic mass is 9.74. The van der Waals surface area contributed by atoms with Crippen molar-refractivity contribution in [3.05, 3.63) is 69.6 Å². The van der Waals surface area contributed by atoms with Gasteiger partial charge in [0, 0.05) is 30.2 Å². The van der Waals surface area contributed by atoms with E-state index in [1.807, 2.05) is 18.2 Å². The number of hydrogen-bond acceptors (Lipinski definition) is 4. The Hall–Kier alpha value is -2.85. The van der Waals surface area contributed by atoms with Crippen LogP contribution in [0.15, 0.2) is 42.6 Å². The summed E-state index contributed by atoms with van der Waals surface area (Å²) < 4.78 is 18.7. The maximum Gasteiger partial charge on any atom is 0.309 e. The number of rotatable bonds is 7. The maximum atomic E-state index is 13.3. The molecule has 5 nitrogen and oxygen atoms in total. The first-order valence-electron chi connectivity index (χ1n) is 11.8. The molecule has 1 fully saturated rings. The summed E-state index contributed by atoms with van der Waals surface area (Å²) in [5.74, 6) is 5.60. The second-order valence-corrected chi connectivity index (χ2v) is 9.93. The monoisotopic (exact) mass is 528 g/mol. The van der Waals surface area contributed by atoms with Crippen LogP contribution in [-0.4, -0.2) is 47.7 Å². The predicted octanol–water partition coefficient (Wildman–Crippen LogP) is 6.23. The molecule has 0 spiro atoms. The van der Waals surface area contributed by atoms with E-state index in [-0.39, 0.29) is 5.02 Å². The zero-order chi connectivity index (χ0) is 25.7. The molecule has 0 saturated carbocycles. The van der Waals surface area contributed by atoms with Gasteiger partial charge < -0.3 is 9.84 Å². The standard InChI is InChI=1S/C28H27Cl2FN2O3/c1-36-20-7-9-26-22(17-20)21(24(30)18-32-26)5-2-10-28(27(34)35)11-14-33(15-12-28)13-3-4-19-6-8-25(31)23(29)16-19/h6-9,16-18H,2,5,10-15H2,1H3,(H,34,35). The molecule has 1 aliphatic heterocycles. The Labute approximate surface area is 220 Å². The van der Waals surface area contributed by atoms with Crippen LogP contribution in [0.2, 0.25) is 10.0 Å². The molecule has 0 amide bonds. The van der Waals surface area contributed by atoms with E-state index >= 15 is 0 Å². The number of aliphatic carboxylic acids is 1. The zero-order valence-corrected chi connectivity index (χ0v) is 21.5. The van der Waals surface area contributed by atoms with Gasteiger partial charge in [-0.25, -0.2) is 4.39 Å². The van der Waals surface area contributed by atoms with Crippen LogP contribution in [-0.2, 0) is 11.2 Å². The largest absolute Gasteiger partial charge is 0.497 e. The zero-order valence-electron chi connectivity index (χ0n) is 20.0. The van der Waals surface area contributed by atoms with Crippen LogP contribution >= 0.6 is 23.2 Å². The summed E-state index contributed by atoms with van der Waals surface area (Å²) in [4.78, 5) is 18.9. The highest BCUT2D eigenvalue weighted by Gasteiger charge is 2.40. The molecule has 1 saturated heterocycles. The highest BCUT2D eigenvalue weighted by Crippen LogP contribution is 2.38. The Balaban J connectivity index is 1.37. The van der Waals surface area contributed by atoms with E-state index in [4.69, 9.17) is 27.9 Å². The molecular formula is C28H27Cl2FN2O3. The van der Waals surface area contributed by atoms with Gasteiger partial charge in [-0.05, 0) is 74.1 Å². The third kappa shape index (κ3) is 5.92. The number of fused-ring (bicyclic) bond motifs is 1. The maximum absolute atomic E-state index is 13.3. The fraction of sp³-hybridized carbons (Fsp3) is 0.357. The first-order chi connectivity index (χ1) is 17.3. The van der Waals surface area contributed by atoms with Crippen LogP contribution in [0.3, 0.4) is 0 Å². The quantitative estimate of drug-likeness (QED) is 0.368. The molecule has 1 N–H and O–H groups in total. The summed E-state index contributed by atoms with van der Waals surface area (Å²) in [5, 5.41) is 11.7. The van der Waals surface area contributed by atoms with Gasteiger partial charge in [-0.3, -0.25) is 14.7 Å². The minimum absolute atomic E-state index is 0.0474. The van der Waals surface area contributed by atoms with Crippen LogP contribution in [0.1, 0.15) is 36.8 Å². The fourth-order valence-corrected chi connectivity index (χ4v) is 5.15. The van der Waals surface area contributed by atoms with Crippen molar-refractivity contribution in [1.82, 2.24) is 9.88 Å². The minimum Gasteiger partial charge on any atom is -0.497 e. The molecule has 3 aromatic rings. The molecule has 1 aliphatic rings. The average Bonchev–Trinajstić information content (AvgIpc) is 2.88. The Morgan fingerprint density at radius 3 is 2.67 bits per heavy atom. The van der Waals surface area contributed by atoms with E-state index in [1.54, 1.807) is 19.4 Å². The number of nitrogens with zero attached hydrogens (tertiary/aromatic N) is 2. The second kappa shape index (κ2) is 11.5. The highest BCUT2D eigenvalue weighted by atomic mass is 35.5. The summed E-state index contributed by atoms with van der Waals surface area (Å²) in [6.07, 6.45) is 4.71. The number of aromatic nitrogens is 1. The van der Waals surface area contributed by atoms with E-state index in [0.717, 1.165) is 22.2 Å². The van der Waals surface area contributed by atoms with E-state index in [1.165, 1.54) is 12.1 Å². The molecule has 2 heterocycles. The number of halogens is 3. The van der Waals surface area contributed by atoms with E-state index in [0.29, 0.717) is 62.3 Å². The average molecular weight is 529 g/mol. The van der Waals surface area contributed by atoms with Gasteiger partial charge in [-0.2, -0.15) is 0 Å². The van der Waals surface area contributed by atoms with Gasteiger partial charge in [0.2, 0.25) is 0 Å². The summed E-state index contributed by atoms with van der Waals surface area (Å²) in [5.41, 5.74) is 1.69. The molecular weight excluding hydrogens is 502 g/mol. The SMILES string of the molecule is COc1ccc2ncc(Cl)c(CCCC3(C(=O)O)CCN(CC#Cc4ccc(F)c(Cl)c4)CC3)c2c1. The second-order valence-electron chi connectivity index (χ2n) is 9.11. The van der Waals surface area contributed by atoms with Crippen LogP contribution in [0.4, 0.5) is 4.39 Å². The van der Waals surface area contributed by atoms with Crippen molar-refractivity contribution in [2.75, 3.05) is 26.7 Å². The number of pyridine rings is 1. The van der Waals surface area contributed by atoms with Gasteiger partial charge in [-0.15, -0.1) is 0 Å². The molecule has 0 atom stereocenters. The molecule has 0 radical (unpaired) electrons. The molecule has 36 heavy (non-hydrogen) atoms. The van der Waals surface area contributed by atoms with Crippen molar-refractivity contribution in [2.24, 2.45) is 5.41 Å². The molecule has 2 aromatic carbocycles. The first-order valence-corrected chi connectivity index (χ1v) is 12.6. The van der Waals surface area contributed by atoms with Crippen molar-refractivity contribution in [3.63, 3.8) is 0 Å². The first kappa shape index (κ1) is 26.2. The van der Waals surface area contributed by atoms with Gasteiger partial charge in [0.05, 0.1) is 34.6 Å². The van der Waals surface area contributed by atoms with Crippen LogP contribution in [0.5, 0.6) is 5.75 Å². The summed E-state index contributed by atoms with van der Waals surface area (Å²) in [7, 11) is 1.62. The Bertz CT molecular complexity index is 1330. The fourth-order valence-electron chi connectivity index (χ4n) is 4.72. The molecule has 8 heteroatoms. The van der Waals surface area contributed by atoms with Crippen molar-refractivity contribution in [3.8, 4) is 17.6 Å². The number of carboxylic acids is 1. The van der Waals surface area contributed by atoms with Crippen molar-refractivity contribution in [1.29, 1.82) is 0 Å². The normalized spacial score (nSPS) is 15.3. The van der Waals surface area contributed by atoms with Gasteiger partial charge in [0.15, 0.2) is 0 Å². The van der Waals surface area contributed by atoms with Gasteiger partial charge in [0.1, 0.15) is 11.6 Å². The number of piperidine rings is 1. The summed E-state index contributed by atoms with van der Waals surface area (Å²) in [6.45, 7) is 1.83. The van der Waals surface area contributed by atoms with E-state index in [2.05, 4.69) is 21.7 Å². The smallest absolute Gasteiger partial charge is 0.309 e. The topological polar surface area (TPSA) is 62.7 Å². The molecule has 0 unspecified atom stereocenters. The molecule has 188 valence electrons. The van der Waals surface area contributed by atoms with Crippen LogP contribution in [0.25, 0.3) is 10.9 Å². The molecule has 0 bridgehead atoms. The van der Waals surface area contributed by atoms with Crippen LogP contribution in [0, 0.1) is 23.1 Å². The Morgan fingerprint density at radius 2 is 1.97 bits per heavy atom. The number of methoxy groups -OCH3 is 1. The van der Waals surface area contributed by atoms with E-state index in [9.17, 15) is 14.3 Å². The Kier molecular flexibility index (Phi) is 8.35. The third-order valence-corrected chi connectivity index (χ3v) is 7.55. The van der Waals surface area contributed by atoms with Crippen molar-refractivity contribution in [2.45, 2.75) is 32.1 Å². The van der Waals surface area contributed by atoms with Gasteiger partial charge in [-0.1, -0.05) is 35.0 Å². The Morgan fingerprint density at radius 1 is 1.19 bits per heavy atom. The lowest BCUT2D eigenvalue weighted by molar-refractivity contribution is -0.152. The number of hydrogen-bond donors (Lipinski definition) is 1. The molecule has 4 rings (SSSR count). The number of ether oxygens (including phenoxy) is 1. The number of carbonyl (C=O) groups is 1. The number of aryl methyl sites for hydroxylation is 1. The number of carboxylic acid groups (broad SMARTS) is 1. The van der Waals surface area contributed by atoms with E-state index < -0.39 is 17.2 Å². The summed E-state index contributed by atoms with van der Waals surface area (Å²) in [6, 6.07) is 10.1. The summed E-state index contributed by atoms with van der Waals surface area (Å²) >= 11 is 12.3. The molecule has 1 aromatic heterocycles. The highest BCUT2D eigenvalue weighted by molar-refractivity contribution is 6.32. The molecule has 0 aliphatic carbocycles. The minimum atomic E-state index is -0.762. The van der Waals surface area contributed by atoms with Crippen molar-refractivity contribution >= 4 is 40.1 Å². The lowest BCUT2D eigenvalue weighted by Gasteiger charge is -2.38. The van der Waals surface area contributed by atoms with Gasteiger partial charge >= 0.3 is 5.97 Å². The predicted molar refractivity (Wildman–Crippen MR) is 140 cm³/mol. The number of likely N-dealkylation sites (tertiary alicyclic amines) is 1. The van der Waals surface area contributed by atoms with Crippen LogP contribution < -0.4 is 4.74 Å². The lowest BCUT2D eigenvalue weighted by Crippen LogP contribution is -2.44. The number of benzene rings is 2. The third-order valence-electron chi connectivity index (χ3n) is 6.94. The van der Waals surface area contributed by atoms with Crippen molar-refractivity contribution < 1.29 is 19.0 Å².